The highest BCUT2D eigenvalue weighted by atomic mass is 127. The van der Waals surface area contributed by atoms with Gasteiger partial charge in [-0.3, -0.25) is 9.89 Å². The van der Waals surface area contributed by atoms with Crippen molar-refractivity contribution in [3.8, 4) is 0 Å². The van der Waals surface area contributed by atoms with E-state index in [9.17, 15) is 0 Å². The predicted molar refractivity (Wildman–Crippen MR) is 120 cm³/mol. The van der Waals surface area contributed by atoms with Gasteiger partial charge >= 0.3 is 0 Å². The Morgan fingerprint density at radius 3 is 2.75 bits per heavy atom. The number of piperazine rings is 1. The van der Waals surface area contributed by atoms with Crippen molar-refractivity contribution in [2.75, 3.05) is 39.8 Å². The molecule has 0 bridgehead atoms. The number of hydrogen-bond donors (Lipinski definition) is 1. The van der Waals surface area contributed by atoms with E-state index < -0.39 is 0 Å². The Morgan fingerprint density at radius 2 is 2.00 bits per heavy atom. The Hall–Kier alpha value is -2.14. The number of aliphatic imine (C=N–C) groups is 1. The van der Waals surface area contributed by atoms with Crippen molar-refractivity contribution in [3.05, 3.63) is 48.6 Å². The van der Waals surface area contributed by atoms with Crippen molar-refractivity contribution in [2.45, 2.75) is 13.1 Å². The Kier molecular flexibility index (Phi) is 7.26. The molecule has 9 heteroatoms. The predicted octanol–water partition coefficient (Wildman–Crippen LogP) is 2.04. The first kappa shape index (κ1) is 20.6. The number of fused-ring (bicyclic) bond motifs is 1. The molecule has 1 fully saturated rings. The maximum absolute atomic E-state index is 4.91. The van der Waals surface area contributed by atoms with Gasteiger partial charge in [0.05, 0.1) is 23.1 Å². The lowest BCUT2D eigenvalue weighted by atomic mass is 10.3. The molecule has 8 nitrogen and oxygen atoms in total. The zero-order valence-electron chi connectivity index (χ0n) is 16.0. The molecule has 1 aliphatic heterocycles. The third kappa shape index (κ3) is 4.82. The number of guanidine groups is 1. The number of aromatic nitrogens is 3. The van der Waals surface area contributed by atoms with E-state index in [0.29, 0.717) is 0 Å². The molecular weight excluding hydrogens is 469 g/mol. The number of hydrogen-bond acceptors (Lipinski definition) is 5. The maximum atomic E-state index is 4.91. The largest absolute Gasteiger partial charge is 0.364 e. The van der Waals surface area contributed by atoms with Crippen LogP contribution in [0.5, 0.6) is 0 Å². The molecule has 0 radical (unpaired) electrons. The average molecular weight is 495 g/mol. The number of halogens is 1. The number of rotatable bonds is 5. The van der Waals surface area contributed by atoms with E-state index in [1.54, 1.807) is 6.26 Å². The van der Waals surface area contributed by atoms with Crippen LogP contribution in [0.1, 0.15) is 5.69 Å². The van der Waals surface area contributed by atoms with Crippen LogP contribution >= 0.6 is 24.0 Å². The fourth-order valence-corrected chi connectivity index (χ4v) is 3.47. The van der Waals surface area contributed by atoms with Crippen molar-refractivity contribution in [1.29, 1.82) is 0 Å². The second kappa shape index (κ2) is 9.87. The first-order valence-corrected chi connectivity index (χ1v) is 9.30. The van der Waals surface area contributed by atoms with Crippen molar-refractivity contribution in [3.63, 3.8) is 0 Å². The van der Waals surface area contributed by atoms with Crippen molar-refractivity contribution in [1.82, 2.24) is 29.8 Å². The lowest BCUT2D eigenvalue weighted by Gasteiger charge is -2.36. The van der Waals surface area contributed by atoms with Crippen molar-refractivity contribution >= 4 is 41.0 Å². The minimum atomic E-state index is 0. The van der Waals surface area contributed by atoms with Gasteiger partial charge in [-0.2, -0.15) is 0 Å². The van der Waals surface area contributed by atoms with Crippen LogP contribution in [-0.2, 0) is 13.1 Å². The molecule has 0 spiro atoms. The second-order valence-electron chi connectivity index (χ2n) is 6.65. The minimum Gasteiger partial charge on any atom is -0.364 e. The van der Waals surface area contributed by atoms with Crippen LogP contribution in [0.3, 0.4) is 0 Å². The molecule has 28 heavy (non-hydrogen) atoms. The zero-order chi connectivity index (χ0) is 18.5. The van der Waals surface area contributed by atoms with E-state index in [2.05, 4.69) is 40.9 Å². The van der Waals surface area contributed by atoms with Gasteiger partial charge in [-0.25, -0.2) is 4.98 Å². The molecule has 1 aliphatic rings. The number of nitrogens with one attached hydrogen (secondary N) is 1. The van der Waals surface area contributed by atoms with Crippen molar-refractivity contribution in [2.24, 2.45) is 4.99 Å². The van der Waals surface area contributed by atoms with Crippen LogP contribution < -0.4 is 5.32 Å². The number of imidazole rings is 1. The Bertz CT molecular complexity index is 885. The van der Waals surface area contributed by atoms with Gasteiger partial charge in [0.1, 0.15) is 6.26 Å². The smallest absolute Gasteiger partial charge is 0.193 e. The number of nitrogens with zero attached hydrogens (tertiary/aromatic N) is 6. The van der Waals surface area contributed by atoms with Gasteiger partial charge in [0.2, 0.25) is 0 Å². The van der Waals surface area contributed by atoms with Gasteiger partial charge in [-0.05, 0) is 12.1 Å². The fourth-order valence-electron chi connectivity index (χ4n) is 3.47. The molecule has 1 N–H and O–H groups in total. The highest BCUT2D eigenvalue weighted by molar-refractivity contribution is 14.0. The summed E-state index contributed by atoms with van der Waals surface area (Å²) in [6.07, 6.45) is 3.53. The van der Waals surface area contributed by atoms with E-state index in [1.165, 1.54) is 0 Å². The molecule has 4 rings (SSSR count). The molecule has 2 aromatic heterocycles. The molecule has 150 valence electrons. The van der Waals surface area contributed by atoms with Gasteiger partial charge in [-0.1, -0.05) is 17.3 Å². The fraction of sp³-hybridized carbons (Fsp3) is 0.421. The molecule has 0 unspecified atom stereocenters. The molecule has 1 aromatic carbocycles. The Labute approximate surface area is 181 Å². The molecule has 0 saturated carbocycles. The monoisotopic (exact) mass is 495 g/mol. The Morgan fingerprint density at radius 1 is 1.18 bits per heavy atom. The Balaban J connectivity index is 0.00000225. The minimum absolute atomic E-state index is 0. The molecule has 1 saturated heterocycles. The number of benzene rings is 1. The van der Waals surface area contributed by atoms with E-state index in [0.717, 1.165) is 68.5 Å². The van der Waals surface area contributed by atoms with Gasteiger partial charge in [0.25, 0.3) is 0 Å². The number of para-hydroxylation sites is 2. The summed E-state index contributed by atoms with van der Waals surface area (Å²) in [6.45, 7) is 6.37. The van der Waals surface area contributed by atoms with Crippen LogP contribution in [0.4, 0.5) is 0 Å². The van der Waals surface area contributed by atoms with Gasteiger partial charge in [0, 0.05) is 58.9 Å². The molecular formula is C19H26IN7O. The molecule has 3 heterocycles. The van der Waals surface area contributed by atoms with Gasteiger partial charge in [0.15, 0.2) is 5.96 Å². The lowest BCUT2D eigenvalue weighted by Crippen LogP contribution is -2.52. The summed E-state index contributed by atoms with van der Waals surface area (Å²) in [5.74, 6) is 0.959. The summed E-state index contributed by atoms with van der Waals surface area (Å²) in [7, 11) is 1.84. The standard InChI is InChI=1S/C19H25N7O.HI/c1-20-19(21-7-8-26-15-22-17-4-2-3-5-18(17)26)25-11-9-24(10-12-25)14-16-6-13-27-23-16;/h2-6,13,15H,7-12,14H2,1H3,(H,20,21);1H. The summed E-state index contributed by atoms with van der Waals surface area (Å²) in [6, 6.07) is 10.1. The molecule has 0 aliphatic carbocycles. The maximum Gasteiger partial charge on any atom is 0.193 e. The van der Waals surface area contributed by atoms with Gasteiger partial charge in [-0.15, -0.1) is 24.0 Å². The molecule has 0 amide bonds. The normalized spacial score (nSPS) is 15.6. The van der Waals surface area contributed by atoms with E-state index in [-0.39, 0.29) is 24.0 Å². The van der Waals surface area contributed by atoms with E-state index in [1.807, 2.05) is 37.6 Å². The second-order valence-corrected chi connectivity index (χ2v) is 6.65. The molecule has 3 aromatic rings. The highest BCUT2D eigenvalue weighted by Crippen LogP contribution is 2.11. The van der Waals surface area contributed by atoms with Crippen LogP contribution in [0, 0.1) is 0 Å². The van der Waals surface area contributed by atoms with Crippen molar-refractivity contribution < 1.29 is 4.52 Å². The van der Waals surface area contributed by atoms with E-state index in [4.69, 9.17) is 4.52 Å². The summed E-state index contributed by atoms with van der Waals surface area (Å²) >= 11 is 0. The van der Waals surface area contributed by atoms with E-state index >= 15 is 0 Å². The summed E-state index contributed by atoms with van der Waals surface area (Å²) in [4.78, 5) is 13.6. The summed E-state index contributed by atoms with van der Waals surface area (Å²) in [5, 5.41) is 7.48. The summed E-state index contributed by atoms with van der Waals surface area (Å²) in [5.41, 5.74) is 3.18. The quantitative estimate of drug-likeness (QED) is 0.332. The van der Waals surface area contributed by atoms with Crippen LogP contribution in [-0.4, -0.2) is 70.2 Å². The lowest BCUT2D eigenvalue weighted by molar-refractivity contribution is 0.169. The first-order chi connectivity index (χ1) is 13.3. The topological polar surface area (TPSA) is 74.7 Å². The highest BCUT2D eigenvalue weighted by Gasteiger charge is 2.20. The SMILES string of the molecule is CN=C(NCCn1cnc2ccccc21)N1CCN(Cc2ccon2)CC1.I. The third-order valence-corrected chi connectivity index (χ3v) is 4.92. The summed E-state index contributed by atoms with van der Waals surface area (Å²) < 4.78 is 7.08. The van der Waals surface area contributed by atoms with Gasteiger partial charge < -0.3 is 19.3 Å². The van der Waals surface area contributed by atoms with Crippen LogP contribution in [0.2, 0.25) is 0 Å². The first-order valence-electron chi connectivity index (χ1n) is 9.30. The van der Waals surface area contributed by atoms with Crippen LogP contribution in [0.25, 0.3) is 11.0 Å². The molecule has 0 atom stereocenters. The van der Waals surface area contributed by atoms with Crippen LogP contribution in [0.15, 0.2) is 52.4 Å². The zero-order valence-corrected chi connectivity index (χ0v) is 18.3. The third-order valence-electron chi connectivity index (χ3n) is 4.92. The average Bonchev–Trinajstić information content (AvgIpc) is 3.36.